The van der Waals surface area contributed by atoms with Gasteiger partial charge in [0, 0.05) is 31.7 Å². The predicted molar refractivity (Wildman–Crippen MR) is 97.9 cm³/mol. The van der Waals surface area contributed by atoms with Gasteiger partial charge in [-0.25, -0.2) is 9.59 Å². The second-order valence-corrected chi connectivity index (χ2v) is 7.22. The van der Waals surface area contributed by atoms with Gasteiger partial charge in [-0.15, -0.1) is 0 Å². The third-order valence-electron chi connectivity index (χ3n) is 5.27. The van der Waals surface area contributed by atoms with E-state index in [2.05, 4.69) is 22.7 Å². The molecule has 3 heterocycles. The Labute approximate surface area is 151 Å². The molecule has 2 fully saturated rings. The van der Waals surface area contributed by atoms with Crippen LogP contribution in [-0.4, -0.2) is 52.3 Å². The molecule has 2 aromatic rings. The third-order valence-corrected chi connectivity index (χ3v) is 5.27. The summed E-state index contributed by atoms with van der Waals surface area (Å²) in [4.78, 5) is 34.8. The molecule has 1 aromatic heterocycles. The summed E-state index contributed by atoms with van der Waals surface area (Å²) in [7, 11) is 0. The number of para-hydroxylation sites is 2. The number of hydroxylamine groups is 1. The van der Waals surface area contributed by atoms with Crippen LogP contribution in [0.5, 0.6) is 0 Å². The molecule has 3 N–H and O–H groups in total. The molecule has 1 aromatic carbocycles. The van der Waals surface area contributed by atoms with Gasteiger partial charge >= 0.3 is 11.7 Å². The zero-order valence-electron chi connectivity index (χ0n) is 14.9. The molecule has 8 nitrogen and oxygen atoms in total. The normalized spacial score (nSPS) is 24.3. The molecule has 0 spiro atoms. The molecule has 2 aliphatic heterocycles. The Hall–Kier alpha value is -2.32. The van der Waals surface area contributed by atoms with E-state index in [1.165, 1.54) is 0 Å². The highest BCUT2D eigenvalue weighted by Gasteiger charge is 2.27. The molecule has 2 amide bonds. The van der Waals surface area contributed by atoms with Gasteiger partial charge in [-0.2, -0.15) is 5.48 Å². The number of imidazole rings is 1. The Bertz CT molecular complexity index is 837. The van der Waals surface area contributed by atoms with Gasteiger partial charge in [0.1, 0.15) is 0 Å². The Morgan fingerprint density at radius 3 is 2.81 bits per heavy atom. The number of aromatic amines is 1. The summed E-state index contributed by atoms with van der Waals surface area (Å²) in [5.74, 6) is 0. The maximum Gasteiger partial charge on any atom is 0.326 e. The second kappa shape index (κ2) is 7.13. The number of carbonyl (C=O) groups is 1. The molecule has 4 rings (SSSR count). The third kappa shape index (κ3) is 3.34. The lowest BCUT2D eigenvalue weighted by Crippen LogP contribution is -2.47. The zero-order chi connectivity index (χ0) is 18.1. The molecule has 8 heteroatoms. The molecule has 140 valence electrons. The van der Waals surface area contributed by atoms with Crippen molar-refractivity contribution in [3.8, 4) is 0 Å². The number of piperidine rings is 1. The van der Waals surface area contributed by atoms with E-state index >= 15 is 0 Å². The lowest BCUT2D eigenvalue weighted by Gasteiger charge is -2.32. The molecule has 2 unspecified atom stereocenters. The van der Waals surface area contributed by atoms with Gasteiger partial charge < -0.3 is 15.2 Å². The lowest BCUT2D eigenvalue weighted by atomic mass is 10.0. The van der Waals surface area contributed by atoms with Crippen LogP contribution in [0.2, 0.25) is 0 Å². The SMILES string of the molecule is CC1CC(CNC(=O)N2CCC(n3c(=O)[nH]c4ccccc43)CC2)ON1. The van der Waals surface area contributed by atoms with Crippen molar-refractivity contribution in [1.82, 2.24) is 25.2 Å². The lowest BCUT2D eigenvalue weighted by molar-refractivity contribution is 0.0287. The summed E-state index contributed by atoms with van der Waals surface area (Å²) in [6, 6.07) is 8.11. The minimum Gasteiger partial charge on any atom is -0.335 e. The molecule has 2 aliphatic rings. The van der Waals surface area contributed by atoms with Crippen molar-refractivity contribution in [2.75, 3.05) is 19.6 Å². The minimum atomic E-state index is -0.0749. The number of aromatic nitrogens is 2. The van der Waals surface area contributed by atoms with E-state index in [0.29, 0.717) is 25.7 Å². The summed E-state index contributed by atoms with van der Waals surface area (Å²) < 4.78 is 1.84. The van der Waals surface area contributed by atoms with E-state index in [9.17, 15) is 9.59 Å². The maximum atomic E-state index is 12.4. The number of amides is 2. The average Bonchev–Trinajstić information content (AvgIpc) is 3.22. The molecule has 26 heavy (non-hydrogen) atoms. The van der Waals surface area contributed by atoms with Crippen LogP contribution in [0.1, 0.15) is 32.2 Å². The molecule has 0 bridgehead atoms. The Morgan fingerprint density at radius 2 is 2.08 bits per heavy atom. The van der Waals surface area contributed by atoms with Crippen molar-refractivity contribution in [2.45, 2.75) is 44.4 Å². The number of rotatable bonds is 3. The molecular formula is C18H25N5O3. The summed E-state index contributed by atoms with van der Waals surface area (Å²) in [5.41, 5.74) is 4.63. The number of likely N-dealkylation sites (tertiary alicyclic amines) is 1. The van der Waals surface area contributed by atoms with Crippen LogP contribution in [-0.2, 0) is 4.84 Å². The van der Waals surface area contributed by atoms with Crippen molar-refractivity contribution < 1.29 is 9.63 Å². The van der Waals surface area contributed by atoms with Crippen molar-refractivity contribution in [1.29, 1.82) is 0 Å². The first-order valence-electron chi connectivity index (χ1n) is 9.25. The fraction of sp³-hybridized carbons (Fsp3) is 0.556. The van der Waals surface area contributed by atoms with E-state index in [1.54, 1.807) is 0 Å². The Morgan fingerprint density at radius 1 is 1.31 bits per heavy atom. The van der Waals surface area contributed by atoms with Crippen molar-refractivity contribution in [2.24, 2.45) is 0 Å². The van der Waals surface area contributed by atoms with Gasteiger partial charge in [0.15, 0.2) is 0 Å². The van der Waals surface area contributed by atoms with Gasteiger partial charge in [0.2, 0.25) is 0 Å². The zero-order valence-corrected chi connectivity index (χ0v) is 14.9. The van der Waals surface area contributed by atoms with E-state index in [1.807, 2.05) is 33.7 Å². The van der Waals surface area contributed by atoms with Crippen LogP contribution in [0, 0.1) is 0 Å². The van der Waals surface area contributed by atoms with Gasteiger partial charge in [-0.05, 0) is 38.3 Å². The second-order valence-electron chi connectivity index (χ2n) is 7.22. The molecule has 0 radical (unpaired) electrons. The van der Waals surface area contributed by atoms with Crippen LogP contribution in [0.4, 0.5) is 4.79 Å². The molecule has 0 saturated carbocycles. The summed E-state index contributed by atoms with van der Waals surface area (Å²) in [6.07, 6.45) is 2.46. The number of nitrogens with zero attached hydrogens (tertiary/aromatic N) is 2. The number of H-pyrrole nitrogens is 1. The number of hydrogen-bond donors (Lipinski definition) is 3. The fourth-order valence-corrected chi connectivity index (χ4v) is 3.90. The maximum absolute atomic E-state index is 12.4. The number of hydrogen-bond acceptors (Lipinski definition) is 4. The molecule has 2 atom stereocenters. The van der Waals surface area contributed by atoms with E-state index in [0.717, 1.165) is 30.3 Å². The fourth-order valence-electron chi connectivity index (χ4n) is 3.90. The van der Waals surface area contributed by atoms with Crippen LogP contribution in [0.3, 0.4) is 0 Å². The Kier molecular flexibility index (Phi) is 4.69. The van der Waals surface area contributed by atoms with E-state index in [-0.39, 0.29) is 23.9 Å². The number of carbonyl (C=O) groups excluding carboxylic acids is 1. The summed E-state index contributed by atoms with van der Waals surface area (Å²) >= 11 is 0. The van der Waals surface area contributed by atoms with Crippen LogP contribution in [0.15, 0.2) is 29.1 Å². The smallest absolute Gasteiger partial charge is 0.326 e. The van der Waals surface area contributed by atoms with Crippen LogP contribution >= 0.6 is 0 Å². The minimum absolute atomic E-state index is 0.0243. The predicted octanol–water partition coefficient (Wildman–Crippen LogP) is 1.36. The van der Waals surface area contributed by atoms with Gasteiger partial charge in [0.25, 0.3) is 0 Å². The van der Waals surface area contributed by atoms with Crippen molar-refractivity contribution >= 4 is 17.1 Å². The number of urea groups is 1. The van der Waals surface area contributed by atoms with Crippen molar-refractivity contribution in [3.05, 3.63) is 34.7 Å². The highest BCUT2D eigenvalue weighted by Crippen LogP contribution is 2.24. The van der Waals surface area contributed by atoms with E-state index in [4.69, 9.17) is 4.84 Å². The first-order chi connectivity index (χ1) is 12.6. The molecule has 0 aliphatic carbocycles. The first kappa shape index (κ1) is 17.1. The number of nitrogens with one attached hydrogen (secondary N) is 3. The molecular weight excluding hydrogens is 334 g/mol. The van der Waals surface area contributed by atoms with Crippen LogP contribution < -0.4 is 16.5 Å². The average molecular weight is 359 g/mol. The van der Waals surface area contributed by atoms with Gasteiger partial charge in [0.05, 0.1) is 17.1 Å². The standard InChI is InChI=1S/C18H25N5O3/c1-12-10-14(26-21-12)11-19-17(24)22-8-6-13(7-9-22)23-16-5-3-2-4-15(16)20-18(23)25/h2-5,12-14,21H,6-11H2,1H3,(H,19,24)(H,20,25). The number of benzene rings is 1. The number of fused-ring (bicyclic) bond motifs is 1. The van der Waals surface area contributed by atoms with Gasteiger partial charge in [-0.3, -0.25) is 9.40 Å². The largest absolute Gasteiger partial charge is 0.335 e. The van der Waals surface area contributed by atoms with Crippen molar-refractivity contribution in [3.63, 3.8) is 0 Å². The van der Waals surface area contributed by atoms with E-state index < -0.39 is 0 Å². The molecule has 2 saturated heterocycles. The summed E-state index contributed by atoms with van der Waals surface area (Å²) in [5, 5.41) is 2.95. The quantitative estimate of drug-likeness (QED) is 0.772. The highest BCUT2D eigenvalue weighted by molar-refractivity contribution is 5.75. The van der Waals surface area contributed by atoms with Gasteiger partial charge in [-0.1, -0.05) is 12.1 Å². The topological polar surface area (TPSA) is 91.4 Å². The van der Waals surface area contributed by atoms with Crippen LogP contribution in [0.25, 0.3) is 11.0 Å². The highest BCUT2D eigenvalue weighted by atomic mass is 16.7. The first-order valence-corrected chi connectivity index (χ1v) is 9.25. The monoisotopic (exact) mass is 359 g/mol. The Balaban J connectivity index is 1.34. The summed E-state index contributed by atoms with van der Waals surface area (Å²) in [6.45, 7) is 3.85.